The van der Waals surface area contributed by atoms with E-state index >= 15 is 0 Å². The quantitative estimate of drug-likeness (QED) is 0.739. The fourth-order valence-electron chi connectivity index (χ4n) is 1.80. The summed E-state index contributed by atoms with van der Waals surface area (Å²) >= 11 is 6.19. The Hall–Kier alpha value is -1.61. The van der Waals surface area contributed by atoms with Crippen LogP contribution >= 0.6 is 11.6 Å². The van der Waals surface area contributed by atoms with Gasteiger partial charge in [-0.2, -0.15) is 0 Å². The Morgan fingerprint density at radius 2 is 1.79 bits per heavy atom. The number of benzene rings is 2. The van der Waals surface area contributed by atoms with E-state index in [2.05, 4.69) is 0 Å². The van der Waals surface area contributed by atoms with E-state index in [0.717, 1.165) is 11.8 Å². The summed E-state index contributed by atoms with van der Waals surface area (Å²) in [5, 5.41) is -0.730. The Kier molecular flexibility index (Phi) is 4.38. The molecule has 0 N–H and O–H groups in total. The van der Waals surface area contributed by atoms with Crippen molar-refractivity contribution in [3.63, 3.8) is 0 Å². The minimum absolute atomic E-state index is 0.130. The van der Waals surface area contributed by atoms with Crippen molar-refractivity contribution in [3.05, 3.63) is 65.2 Å². The number of alkyl halides is 1. The van der Waals surface area contributed by atoms with Crippen LogP contribution in [0.1, 0.15) is 23.4 Å². The zero-order valence-electron chi connectivity index (χ0n) is 10.4. The molecule has 19 heavy (non-hydrogen) atoms. The molecule has 0 aliphatic carbocycles. The van der Waals surface area contributed by atoms with Gasteiger partial charge in [0.1, 0.15) is 5.75 Å². The standard InChI is InChI=1S/C15H13ClF2O/c1-2-19-11-8-6-10(7-9-11)14(16)12-4-3-5-13(17)15(12)18/h3-9,14H,2H2,1H3. The summed E-state index contributed by atoms with van der Waals surface area (Å²) in [7, 11) is 0. The maximum Gasteiger partial charge on any atom is 0.163 e. The molecule has 0 heterocycles. The highest BCUT2D eigenvalue weighted by molar-refractivity contribution is 6.22. The minimum Gasteiger partial charge on any atom is -0.494 e. The Balaban J connectivity index is 2.28. The van der Waals surface area contributed by atoms with Gasteiger partial charge in [0.25, 0.3) is 0 Å². The average Bonchev–Trinajstić information content (AvgIpc) is 2.42. The summed E-state index contributed by atoms with van der Waals surface area (Å²) in [6.45, 7) is 2.46. The first-order valence-electron chi connectivity index (χ1n) is 5.94. The fourth-order valence-corrected chi connectivity index (χ4v) is 2.11. The van der Waals surface area contributed by atoms with Gasteiger partial charge in [-0.1, -0.05) is 24.3 Å². The fraction of sp³-hybridized carbons (Fsp3) is 0.200. The van der Waals surface area contributed by atoms with Crippen LogP contribution < -0.4 is 4.74 Å². The third kappa shape index (κ3) is 3.04. The van der Waals surface area contributed by atoms with Crippen LogP contribution in [-0.4, -0.2) is 6.61 Å². The van der Waals surface area contributed by atoms with Gasteiger partial charge in [0, 0.05) is 5.56 Å². The van der Waals surface area contributed by atoms with E-state index in [-0.39, 0.29) is 5.56 Å². The zero-order valence-corrected chi connectivity index (χ0v) is 11.1. The van der Waals surface area contributed by atoms with Crippen molar-refractivity contribution in [3.8, 4) is 5.75 Å². The molecule has 0 saturated carbocycles. The predicted octanol–water partition coefficient (Wildman–Crippen LogP) is 4.69. The summed E-state index contributed by atoms with van der Waals surface area (Å²) in [6.07, 6.45) is 0. The maximum absolute atomic E-state index is 13.7. The van der Waals surface area contributed by atoms with Crippen LogP contribution in [0, 0.1) is 11.6 Å². The highest BCUT2D eigenvalue weighted by Gasteiger charge is 2.17. The van der Waals surface area contributed by atoms with Gasteiger partial charge in [-0.3, -0.25) is 0 Å². The van der Waals surface area contributed by atoms with Gasteiger partial charge >= 0.3 is 0 Å². The molecule has 100 valence electrons. The smallest absolute Gasteiger partial charge is 0.163 e. The van der Waals surface area contributed by atoms with Crippen LogP contribution in [0.15, 0.2) is 42.5 Å². The lowest BCUT2D eigenvalue weighted by Gasteiger charge is -2.12. The van der Waals surface area contributed by atoms with E-state index in [4.69, 9.17) is 16.3 Å². The van der Waals surface area contributed by atoms with Crippen LogP contribution in [0.4, 0.5) is 8.78 Å². The first-order chi connectivity index (χ1) is 9.13. The van der Waals surface area contributed by atoms with Crippen LogP contribution in [-0.2, 0) is 0 Å². The molecule has 0 fully saturated rings. The molecule has 2 aromatic carbocycles. The monoisotopic (exact) mass is 282 g/mol. The summed E-state index contributed by atoms with van der Waals surface area (Å²) in [5.74, 6) is -1.08. The van der Waals surface area contributed by atoms with E-state index in [9.17, 15) is 8.78 Å². The first kappa shape index (κ1) is 13.8. The lowest BCUT2D eigenvalue weighted by atomic mass is 10.0. The van der Waals surface area contributed by atoms with Crippen molar-refractivity contribution in [2.45, 2.75) is 12.3 Å². The number of hydrogen-bond donors (Lipinski definition) is 0. The molecule has 2 aromatic rings. The van der Waals surface area contributed by atoms with E-state index in [1.54, 1.807) is 24.3 Å². The molecule has 1 nitrogen and oxygen atoms in total. The van der Waals surface area contributed by atoms with E-state index in [0.29, 0.717) is 12.2 Å². The summed E-state index contributed by atoms with van der Waals surface area (Å²) in [4.78, 5) is 0. The molecule has 0 radical (unpaired) electrons. The lowest BCUT2D eigenvalue weighted by molar-refractivity contribution is 0.340. The van der Waals surface area contributed by atoms with Crippen molar-refractivity contribution in [1.82, 2.24) is 0 Å². The van der Waals surface area contributed by atoms with Crippen molar-refractivity contribution in [1.29, 1.82) is 0 Å². The molecule has 1 unspecified atom stereocenters. The Bertz CT molecular complexity index is 555. The molecular weight excluding hydrogens is 270 g/mol. The minimum atomic E-state index is -0.906. The van der Waals surface area contributed by atoms with Gasteiger partial charge < -0.3 is 4.74 Å². The molecule has 0 bridgehead atoms. The third-order valence-corrected chi connectivity index (χ3v) is 3.23. The van der Waals surface area contributed by atoms with E-state index in [1.807, 2.05) is 6.92 Å². The first-order valence-corrected chi connectivity index (χ1v) is 6.38. The van der Waals surface area contributed by atoms with Crippen molar-refractivity contribution < 1.29 is 13.5 Å². The topological polar surface area (TPSA) is 9.23 Å². The SMILES string of the molecule is CCOc1ccc(C(Cl)c2cccc(F)c2F)cc1. The van der Waals surface area contributed by atoms with Crippen LogP contribution in [0.2, 0.25) is 0 Å². The molecule has 0 aromatic heterocycles. The summed E-state index contributed by atoms with van der Waals surface area (Å²) in [6, 6.07) is 11.0. The van der Waals surface area contributed by atoms with Crippen molar-refractivity contribution in [2.24, 2.45) is 0 Å². The highest BCUT2D eigenvalue weighted by atomic mass is 35.5. The lowest BCUT2D eigenvalue weighted by Crippen LogP contribution is -1.99. The zero-order chi connectivity index (χ0) is 13.8. The van der Waals surface area contributed by atoms with Gasteiger partial charge in [-0.25, -0.2) is 8.78 Å². The predicted molar refractivity (Wildman–Crippen MR) is 71.7 cm³/mol. The largest absolute Gasteiger partial charge is 0.494 e. The molecule has 0 amide bonds. The van der Waals surface area contributed by atoms with Gasteiger partial charge in [0.15, 0.2) is 11.6 Å². The molecule has 0 saturated heterocycles. The Labute approximate surface area is 115 Å². The van der Waals surface area contributed by atoms with Crippen molar-refractivity contribution >= 4 is 11.6 Å². The van der Waals surface area contributed by atoms with Crippen LogP contribution in [0.3, 0.4) is 0 Å². The molecule has 0 spiro atoms. The van der Waals surface area contributed by atoms with Gasteiger partial charge in [0.05, 0.1) is 12.0 Å². The second-order valence-electron chi connectivity index (χ2n) is 4.01. The van der Waals surface area contributed by atoms with Crippen LogP contribution in [0.5, 0.6) is 5.75 Å². The normalized spacial score (nSPS) is 12.2. The second-order valence-corrected chi connectivity index (χ2v) is 4.44. The molecule has 4 heteroatoms. The number of rotatable bonds is 4. The molecule has 1 atom stereocenters. The number of ether oxygens (including phenoxy) is 1. The summed E-state index contributed by atoms with van der Waals surface area (Å²) in [5.41, 5.74) is 0.820. The van der Waals surface area contributed by atoms with Gasteiger partial charge in [-0.15, -0.1) is 11.6 Å². The van der Waals surface area contributed by atoms with E-state index in [1.165, 1.54) is 12.1 Å². The summed E-state index contributed by atoms with van der Waals surface area (Å²) < 4.78 is 32.1. The van der Waals surface area contributed by atoms with E-state index < -0.39 is 17.0 Å². The maximum atomic E-state index is 13.7. The molecular formula is C15H13ClF2O. The molecule has 2 rings (SSSR count). The third-order valence-electron chi connectivity index (χ3n) is 2.74. The van der Waals surface area contributed by atoms with Crippen LogP contribution in [0.25, 0.3) is 0 Å². The Morgan fingerprint density at radius 3 is 2.42 bits per heavy atom. The number of hydrogen-bond acceptors (Lipinski definition) is 1. The average molecular weight is 283 g/mol. The van der Waals surface area contributed by atoms with Gasteiger partial charge in [0.2, 0.25) is 0 Å². The molecule has 0 aliphatic heterocycles. The van der Waals surface area contributed by atoms with Crippen molar-refractivity contribution in [2.75, 3.05) is 6.61 Å². The second kappa shape index (κ2) is 6.02. The molecule has 0 aliphatic rings. The number of halogens is 3. The Morgan fingerprint density at radius 1 is 1.11 bits per heavy atom. The highest BCUT2D eigenvalue weighted by Crippen LogP contribution is 2.32. The van der Waals surface area contributed by atoms with Gasteiger partial charge in [-0.05, 0) is 30.7 Å².